The van der Waals surface area contributed by atoms with Crippen LogP contribution >= 0.6 is 0 Å². The van der Waals surface area contributed by atoms with Gasteiger partial charge in [0.05, 0.1) is 17.7 Å². The molecule has 0 radical (unpaired) electrons. The lowest BCUT2D eigenvalue weighted by atomic mass is 9.74. The van der Waals surface area contributed by atoms with E-state index in [2.05, 4.69) is 22.5 Å². The number of piperidine rings is 1. The Morgan fingerprint density at radius 2 is 2.15 bits per heavy atom. The van der Waals surface area contributed by atoms with Gasteiger partial charge in [-0.3, -0.25) is 9.78 Å². The van der Waals surface area contributed by atoms with Crippen molar-refractivity contribution in [2.24, 2.45) is 5.41 Å². The molecule has 1 fully saturated rings. The normalized spacial score (nSPS) is 17.7. The van der Waals surface area contributed by atoms with E-state index < -0.39 is 0 Å². The molecule has 4 nitrogen and oxygen atoms in total. The number of nitrogens with one attached hydrogen (secondary N) is 2. The standard InChI is InChI=1S/C16H25N3O/c1-3-7-16(8-10-17-11-9-16)15(20)18-12-14-6-4-5-13(2)19-14/h4-6,17H,3,7-12H2,1-2H3,(H,18,20). The Bertz CT molecular complexity index is 447. The second-order valence-electron chi connectivity index (χ2n) is 5.73. The van der Waals surface area contributed by atoms with E-state index in [1.54, 1.807) is 0 Å². The Balaban J connectivity index is 1.98. The van der Waals surface area contributed by atoms with Crippen molar-refractivity contribution in [2.75, 3.05) is 13.1 Å². The summed E-state index contributed by atoms with van der Waals surface area (Å²) in [6.45, 7) is 6.53. The number of hydrogen-bond acceptors (Lipinski definition) is 3. The minimum Gasteiger partial charge on any atom is -0.350 e. The van der Waals surface area contributed by atoms with Gasteiger partial charge in [0, 0.05) is 5.69 Å². The molecule has 2 N–H and O–H groups in total. The number of aryl methyl sites for hydroxylation is 1. The molecule has 1 amide bonds. The zero-order chi connectivity index (χ0) is 14.4. The highest BCUT2D eigenvalue weighted by Gasteiger charge is 2.38. The van der Waals surface area contributed by atoms with E-state index >= 15 is 0 Å². The van der Waals surface area contributed by atoms with Crippen molar-refractivity contribution in [3.63, 3.8) is 0 Å². The molecule has 0 aliphatic carbocycles. The topological polar surface area (TPSA) is 54.0 Å². The van der Waals surface area contributed by atoms with E-state index in [1.165, 1.54) is 0 Å². The number of carbonyl (C=O) groups is 1. The number of aromatic nitrogens is 1. The molecule has 1 saturated heterocycles. The maximum Gasteiger partial charge on any atom is 0.226 e. The molecule has 1 aliphatic rings. The number of amides is 1. The molecule has 1 aromatic rings. The third-order valence-electron chi connectivity index (χ3n) is 4.15. The molecule has 0 unspecified atom stereocenters. The van der Waals surface area contributed by atoms with Crippen molar-refractivity contribution in [3.8, 4) is 0 Å². The molecule has 4 heteroatoms. The molecular weight excluding hydrogens is 250 g/mol. The van der Waals surface area contributed by atoms with Gasteiger partial charge in [-0.25, -0.2) is 0 Å². The minimum absolute atomic E-state index is 0.177. The van der Waals surface area contributed by atoms with Crippen LogP contribution in [-0.2, 0) is 11.3 Å². The average Bonchev–Trinajstić information content (AvgIpc) is 2.46. The highest BCUT2D eigenvalue weighted by atomic mass is 16.2. The molecular formula is C16H25N3O. The summed E-state index contributed by atoms with van der Waals surface area (Å²) in [7, 11) is 0. The van der Waals surface area contributed by atoms with E-state index in [4.69, 9.17) is 0 Å². The maximum atomic E-state index is 12.6. The lowest BCUT2D eigenvalue weighted by Crippen LogP contribution is -2.47. The summed E-state index contributed by atoms with van der Waals surface area (Å²) in [5, 5.41) is 6.43. The van der Waals surface area contributed by atoms with Gasteiger partial charge >= 0.3 is 0 Å². The Morgan fingerprint density at radius 3 is 2.80 bits per heavy atom. The van der Waals surface area contributed by atoms with Gasteiger partial charge in [0.1, 0.15) is 0 Å². The predicted octanol–water partition coefficient (Wildman–Crippen LogP) is 2.18. The Morgan fingerprint density at radius 1 is 1.40 bits per heavy atom. The van der Waals surface area contributed by atoms with E-state index in [9.17, 15) is 4.79 Å². The van der Waals surface area contributed by atoms with Gasteiger partial charge in [-0.15, -0.1) is 0 Å². The highest BCUT2D eigenvalue weighted by Crippen LogP contribution is 2.34. The largest absolute Gasteiger partial charge is 0.350 e. The van der Waals surface area contributed by atoms with Crippen LogP contribution in [0.2, 0.25) is 0 Å². The number of rotatable bonds is 5. The molecule has 110 valence electrons. The van der Waals surface area contributed by atoms with E-state index in [0.717, 1.165) is 50.2 Å². The SMILES string of the molecule is CCCC1(C(=O)NCc2cccc(C)n2)CCNCC1. The first kappa shape index (κ1) is 15.0. The summed E-state index contributed by atoms with van der Waals surface area (Å²) >= 11 is 0. The van der Waals surface area contributed by atoms with E-state index in [-0.39, 0.29) is 11.3 Å². The zero-order valence-electron chi connectivity index (χ0n) is 12.5. The highest BCUT2D eigenvalue weighted by molar-refractivity contribution is 5.82. The first-order valence-electron chi connectivity index (χ1n) is 7.58. The Kier molecular flexibility index (Phi) is 5.12. The average molecular weight is 275 g/mol. The van der Waals surface area contributed by atoms with Gasteiger partial charge in [-0.05, 0) is 51.4 Å². The zero-order valence-corrected chi connectivity index (χ0v) is 12.5. The summed E-state index contributed by atoms with van der Waals surface area (Å²) in [5.41, 5.74) is 1.74. The third kappa shape index (κ3) is 3.57. The van der Waals surface area contributed by atoms with E-state index in [0.29, 0.717) is 6.54 Å². The second kappa shape index (κ2) is 6.84. The maximum absolute atomic E-state index is 12.6. The Labute approximate surface area is 121 Å². The number of hydrogen-bond donors (Lipinski definition) is 2. The smallest absolute Gasteiger partial charge is 0.226 e. The van der Waals surface area contributed by atoms with Gasteiger partial charge in [0.25, 0.3) is 0 Å². The van der Waals surface area contributed by atoms with Crippen molar-refractivity contribution < 1.29 is 4.79 Å². The van der Waals surface area contributed by atoms with Crippen LogP contribution in [0.3, 0.4) is 0 Å². The van der Waals surface area contributed by atoms with Crippen molar-refractivity contribution in [1.82, 2.24) is 15.6 Å². The minimum atomic E-state index is -0.177. The first-order valence-corrected chi connectivity index (χ1v) is 7.58. The lowest BCUT2D eigenvalue weighted by molar-refractivity contribution is -0.133. The van der Waals surface area contributed by atoms with Crippen LogP contribution in [0.25, 0.3) is 0 Å². The van der Waals surface area contributed by atoms with E-state index in [1.807, 2.05) is 25.1 Å². The summed E-state index contributed by atoms with van der Waals surface area (Å²) in [6.07, 6.45) is 3.90. The fourth-order valence-electron chi connectivity index (χ4n) is 3.03. The third-order valence-corrected chi connectivity index (χ3v) is 4.15. The van der Waals surface area contributed by atoms with Crippen LogP contribution < -0.4 is 10.6 Å². The summed E-state index contributed by atoms with van der Waals surface area (Å²) in [4.78, 5) is 17.0. The van der Waals surface area contributed by atoms with Crippen molar-refractivity contribution in [2.45, 2.75) is 46.1 Å². The molecule has 0 saturated carbocycles. The summed E-state index contributed by atoms with van der Waals surface area (Å²) in [6, 6.07) is 5.91. The fourth-order valence-corrected chi connectivity index (χ4v) is 3.03. The van der Waals surface area contributed by atoms with Crippen LogP contribution in [0, 0.1) is 12.3 Å². The summed E-state index contributed by atoms with van der Waals surface area (Å²) < 4.78 is 0. The van der Waals surface area contributed by atoms with Crippen LogP contribution in [0.15, 0.2) is 18.2 Å². The molecule has 1 aliphatic heterocycles. The summed E-state index contributed by atoms with van der Waals surface area (Å²) in [5.74, 6) is 0.198. The van der Waals surface area contributed by atoms with Gasteiger partial charge < -0.3 is 10.6 Å². The predicted molar refractivity (Wildman–Crippen MR) is 80.3 cm³/mol. The quantitative estimate of drug-likeness (QED) is 0.866. The van der Waals surface area contributed by atoms with Gasteiger partial charge in [0.2, 0.25) is 5.91 Å². The van der Waals surface area contributed by atoms with Crippen molar-refractivity contribution >= 4 is 5.91 Å². The fraction of sp³-hybridized carbons (Fsp3) is 0.625. The molecule has 0 aromatic carbocycles. The van der Waals surface area contributed by atoms with Gasteiger partial charge in [0.15, 0.2) is 0 Å². The molecule has 0 atom stereocenters. The van der Waals surface area contributed by atoms with Crippen LogP contribution in [-0.4, -0.2) is 24.0 Å². The van der Waals surface area contributed by atoms with Crippen molar-refractivity contribution in [1.29, 1.82) is 0 Å². The van der Waals surface area contributed by atoms with Crippen LogP contribution in [0.1, 0.15) is 44.0 Å². The second-order valence-corrected chi connectivity index (χ2v) is 5.73. The van der Waals surface area contributed by atoms with Crippen LogP contribution in [0.4, 0.5) is 0 Å². The van der Waals surface area contributed by atoms with Gasteiger partial charge in [-0.2, -0.15) is 0 Å². The molecule has 0 spiro atoms. The first-order chi connectivity index (χ1) is 9.66. The van der Waals surface area contributed by atoms with Crippen molar-refractivity contribution in [3.05, 3.63) is 29.6 Å². The molecule has 2 heterocycles. The van der Waals surface area contributed by atoms with Gasteiger partial charge in [-0.1, -0.05) is 19.4 Å². The van der Waals surface area contributed by atoms with Crippen LogP contribution in [0.5, 0.6) is 0 Å². The Hall–Kier alpha value is -1.42. The molecule has 20 heavy (non-hydrogen) atoms. The number of pyridine rings is 1. The molecule has 0 bridgehead atoms. The monoisotopic (exact) mass is 275 g/mol. The number of nitrogens with zero attached hydrogens (tertiary/aromatic N) is 1. The number of carbonyl (C=O) groups excluding carboxylic acids is 1. The molecule has 1 aromatic heterocycles. The molecule has 2 rings (SSSR count). The lowest BCUT2D eigenvalue weighted by Gasteiger charge is -2.36.